The summed E-state index contributed by atoms with van der Waals surface area (Å²) in [6.07, 6.45) is 3.47. The lowest BCUT2D eigenvalue weighted by Gasteiger charge is -2.27. The first-order valence-corrected chi connectivity index (χ1v) is 8.33. The third-order valence-electron chi connectivity index (χ3n) is 4.94. The molecule has 2 N–H and O–H groups in total. The van der Waals surface area contributed by atoms with E-state index >= 15 is 0 Å². The number of fused-ring (bicyclic) bond motifs is 3. The van der Waals surface area contributed by atoms with Gasteiger partial charge in [0.05, 0.1) is 0 Å². The molecule has 1 aliphatic carbocycles. The molecule has 1 unspecified atom stereocenters. The van der Waals surface area contributed by atoms with Gasteiger partial charge in [-0.05, 0) is 55.5 Å². The zero-order valence-electron chi connectivity index (χ0n) is 13.3. The van der Waals surface area contributed by atoms with Gasteiger partial charge in [0.1, 0.15) is 5.82 Å². The van der Waals surface area contributed by atoms with Crippen LogP contribution in [0.25, 0.3) is 10.9 Å². The zero-order chi connectivity index (χ0) is 15.8. The number of aromatic amines is 1. The molecular weight excluding hydrogens is 287 g/mol. The molecule has 0 spiro atoms. The van der Waals surface area contributed by atoms with Gasteiger partial charge in [-0.25, -0.2) is 4.39 Å². The van der Waals surface area contributed by atoms with E-state index in [-0.39, 0.29) is 11.9 Å². The molecule has 3 aromatic rings. The molecule has 4 rings (SSSR count). The van der Waals surface area contributed by atoms with E-state index in [4.69, 9.17) is 0 Å². The van der Waals surface area contributed by atoms with Gasteiger partial charge in [0.25, 0.3) is 0 Å². The first kappa shape index (κ1) is 14.5. The molecule has 2 nitrogen and oxygen atoms in total. The predicted molar refractivity (Wildman–Crippen MR) is 91.9 cm³/mol. The van der Waals surface area contributed by atoms with Gasteiger partial charge < -0.3 is 10.3 Å². The predicted octanol–water partition coefficient (Wildman–Crippen LogP) is 5.04. The third-order valence-corrected chi connectivity index (χ3v) is 4.94. The van der Waals surface area contributed by atoms with E-state index < -0.39 is 0 Å². The van der Waals surface area contributed by atoms with Crippen molar-refractivity contribution in [3.63, 3.8) is 0 Å². The van der Waals surface area contributed by atoms with E-state index in [1.165, 1.54) is 40.7 Å². The molecule has 0 fully saturated rings. The standard InChI is InChI=1S/C20H21FN2/c1-13(14-9-11-15(21)12-10-14)22-19-8-4-6-17-16-5-2-3-7-18(16)23-20(17)19/h2-3,5,7,9-13,19,22-23H,4,6,8H2,1H3/t13-,19?/m1/s1. The van der Waals surface area contributed by atoms with Crippen LogP contribution in [0.3, 0.4) is 0 Å². The molecule has 0 amide bonds. The quantitative estimate of drug-likeness (QED) is 0.697. The highest BCUT2D eigenvalue weighted by Gasteiger charge is 2.25. The van der Waals surface area contributed by atoms with Crippen molar-refractivity contribution in [1.29, 1.82) is 0 Å². The molecule has 0 saturated carbocycles. The fourth-order valence-electron chi connectivity index (χ4n) is 3.73. The number of halogens is 1. The zero-order valence-corrected chi connectivity index (χ0v) is 13.3. The van der Waals surface area contributed by atoms with Crippen LogP contribution in [-0.2, 0) is 6.42 Å². The third kappa shape index (κ3) is 2.66. The second-order valence-corrected chi connectivity index (χ2v) is 6.45. The van der Waals surface area contributed by atoms with Crippen molar-refractivity contribution in [3.05, 3.63) is 71.2 Å². The number of H-pyrrole nitrogens is 1. The maximum atomic E-state index is 13.1. The molecule has 0 saturated heterocycles. The number of aromatic nitrogens is 1. The molecule has 118 valence electrons. The van der Waals surface area contributed by atoms with Crippen LogP contribution < -0.4 is 5.32 Å². The first-order valence-electron chi connectivity index (χ1n) is 8.33. The minimum Gasteiger partial charge on any atom is -0.357 e. The van der Waals surface area contributed by atoms with Gasteiger partial charge in [-0.15, -0.1) is 0 Å². The SMILES string of the molecule is C[C@@H](NC1CCCc2c1[nH]c1ccccc21)c1ccc(F)cc1. The summed E-state index contributed by atoms with van der Waals surface area (Å²) in [5, 5.41) is 5.07. The summed E-state index contributed by atoms with van der Waals surface area (Å²) in [7, 11) is 0. The van der Waals surface area contributed by atoms with Crippen LogP contribution >= 0.6 is 0 Å². The van der Waals surface area contributed by atoms with Crippen LogP contribution in [0.2, 0.25) is 0 Å². The first-order chi connectivity index (χ1) is 11.2. The Morgan fingerprint density at radius 2 is 1.91 bits per heavy atom. The lowest BCUT2D eigenvalue weighted by molar-refractivity contribution is 0.410. The van der Waals surface area contributed by atoms with Crippen molar-refractivity contribution >= 4 is 10.9 Å². The molecular formula is C20H21FN2. The molecule has 1 aliphatic rings. The minimum absolute atomic E-state index is 0.184. The number of para-hydroxylation sites is 1. The molecule has 2 atom stereocenters. The Hall–Kier alpha value is -2.13. The molecule has 3 heteroatoms. The summed E-state index contributed by atoms with van der Waals surface area (Å²) in [6.45, 7) is 2.14. The van der Waals surface area contributed by atoms with E-state index in [2.05, 4.69) is 41.5 Å². The van der Waals surface area contributed by atoms with Gasteiger partial charge >= 0.3 is 0 Å². The van der Waals surface area contributed by atoms with Crippen LogP contribution in [0.4, 0.5) is 4.39 Å². The molecule has 2 aromatic carbocycles. The summed E-state index contributed by atoms with van der Waals surface area (Å²) in [6, 6.07) is 15.8. The fourth-order valence-corrected chi connectivity index (χ4v) is 3.73. The number of hydrogen-bond acceptors (Lipinski definition) is 1. The summed E-state index contributed by atoms with van der Waals surface area (Å²) >= 11 is 0. The van der Waals surface area contributed by atoms with E-state index in [1.54, 1.807) is 0 Å². The Kier molecular flexibility index (Phi) is 3.66. The second kappa shape index (κ2) is 5.82. The average Bonchev–Trinajstić information content (AvgIpc) is 2.95. The summed E-state index contributed by atoms with van der Waals surface area (Å²) in [5.41, 5.74) is 5.12. The normalized spacial score (nSPS) is 18.8. The highest BCUT2D eigenvalue weighted by atomic mass is 19.1. The number of benzene rings is 2. The number of nitrogens with one attached hydrogen (secondary N) is 2. The molecule has 23 heavy (non-hydrogen) atoms. The topological polar surface area (TPSA) is 27.8 Å². The van der Waals surface area contributed by atoms with E-state index in [0.717, 1.165) is 18.4 Å². The van der Waals surface area contributed by atoms with Gasteiger partial charge in [0, 0.05) is 28.7 Å². The number of rotatable bonds is 3. The van der Waals surface area contributed by atoms with Crippen LogP contribution in [0, 0.1) is 5.82 Å². The highest BCUT2D eigenvalue weighted by molar-refractivity contribution is 5.85. The molecule has 0 radical (unpaired) electrons. The summed E-state index contributed by atoms with van der Waals surface area (Å²) in [5.74, 6) is -0.184. The van der Waals surface area contributed by atoms with E-state index in [9.17, 15) is 4.39 Å². The average molecular weight is 308 g/mol. The Morgan fingerprint density at radius 3 is 2.74 bits per heavy atom. The van der Waals surface area contributed by atoms with Crippen molar-refractivity contribution in [1.82, 2.24) is 10.3 Å². The number of aryl methyl sites for hydroxylation is 1. The smallest absolute Gasteiger partial charge is 0.123 e. The lowest BCUT2D eigenvalue weighted by atomic mass is 9.91. The Balaban J connectivity index is 1.62. The second-order valence-electron chi connectivity index (χ2n) is 6.45. The van der Waals surface area contributed by atoms with E-state index in [0.29, 0.717) is 6.04 Å². The Morgan fingerprint density at radius 1 is 1.13 bits per heavy atom. The van der Waals surface area contributed by atoms with Crippen molar-refractivity contribution in [3.8, 4) is 0 Å². The molecule has 1 heterocycles. The maximum Gasteiger partial charge on any atom is 0.123 e. The molecule has 0 aliphatic heterocycles. The van der Waals surface area contributed by atoms with Crippen molar-refractivity contribution in [2.45, 2.75) is 38.3 Å². The van der Waals surface area contributed by atoms with Crippen molar-refractivity contribution < 1.29 is 4.39 Å². The van der Waals surface area contributed by atoms with Gasteiger partial charge in [0.15, 0.2) is 0 Å². The molecule has 1 aromatic heterocycles. The fraction of sp³-hybridized carbons (Fsp3) is 0.300. The van der Waals surface area contributed by atoms with Crippen LogP contribution in [0.15, 0.2) is 48.5 Å². The van der Waals surface area contributed by atoms with Crippen LogP contribution in [-0.4, -0.2) is 4.98 Å². The molecule has 0 bridgehead atoms. The van der Waals surface area contributed by atoms with Gasteiger partial charge in [-0.1, -0.05) is 30.3 Å². The minimum atomic E-state index is -0.184. The Bertz CT molecular complexity index is 819. The number of hydrogen-bond donors (Lipinski definition) is 2. The van der Waals surface area contributed by atoms with Crippen molar-refractivity contribution in [2.75, 3.05) is 0 Å². The monoisotopic (exact) mass is 308 g/mol. The summed E-state index contributed by atoms with van der Waals surface area (Å²) in [4.78, 5) is 3.61. The largest absolute Gasteiger partial charge is 0.357 e. The lowest BCUT2D eigenvalue weighted by Crippen LogP contribution is -2.27. The van der Waals surface area contributed by atoms with Gasteiger partial charge in [0.2, 0.25) is 0 Å². The maximum absolute atomic E-state index is 13.1. The van der Waals surface area contributed by atoms with Crippen LogP contribution in [0.1, 0.15) is 48.7 Å². The van der Waals surface area contributed by atoms with Gasteiger partial charge in [-0.3, -0.25) is 0 Å². The highest BCUT2D eigenvalue weighted by Crippen LogP contribution is 2.35. The van der Waals surface area contributed by atoms with E-state index in [1.807, 2.05) is 12.1 Å². The Labute approximate surface area is 135 Å². The van der Waals surface area contributed by atoms with Crippen molar-refractivity contribution in [2.24, 2.45) is 0 Å². The summed E-state index contributed by atoms with van der Waals surface area (Å²) < 4.78 is 13.1. The van der Waals surface area contributed by atoms with Gasteiger partial charge in [-0.2, -0.15) is 0 Å². The van der Waals surface area contributed by atoms with Crippen LogP contribution in [0.5, 0.6) is 0 Å².